The highest BCUT2D eigenvalue weighted by molar-refractivity contribution is 6.12. The van der Waals surface area contributed by atoms with Crippen LogP contribution < -0.4 is 16.4 Å². The summed E-state index contributed by atoms with van der Waals surface area (Å²) in [6, 6.07) is 18.0. The summed E-state index contributed by atoms with van der Waals surface area (Å²) in [5.74, 6) is -0.0607. The maximum atomic E-state index is 12.3. The Morgan fingerprint density at radius 1 is 0.875 bits per heavy atom. The van der Waals surface area contributed by atoms with E-state index in [-0.39, 0.29) is 5.78 Å². The Balaban J connectivity index is 1.79. The molecule has 4 heteroatoms. The van der Waals surface area contributed by atoms with Gasteiger partial charge in [0.1, 0.15) is 0 Å². The fourth-order valence-corrected chi connectivity index (χ4v) is 3.77. The Hall–Kier alpha value is -3.27. The summed E-state index contributed by atoms with van der Waals surface area (Å²) in [4.78, 5) is 12.3. The minimum atomic E-state index is -0.679. The van der Waals surface area contributed by atoms with Crippen LogP contribution in [0.5, 0.6) is 0 Å². The summed E-state index contributed by atoms with van der Waals surface area (Å²) in [6.45, 7) is 0. The monoisotopic (exact) mass is 313 g/mol. The molecule has 0 bridgehead atoms. The van der Waals surface area contributed by atoms with Crippen molar-refractivity contribution in [1.29, 1.82) is 0 Å². The van der Waals surface area contributed by atoms with E-state index in [1.807, 2.05) is 30.3 Å². The SMILES string of the molecule is Nc1cccc2c1C(=O)C=CC21Nc2cccc3cccc(c23)N1. The van der Waals surface area contributed by atoms with E-state index in [2.05, 4.69) is 34.9 Å². The van der Waals surface area contributed by atoms with Crippen LogP contribution in [0.3, 0.4) is 0 Å². The molecule has 5 rings (SSSR count). The smallest absolute Gasteiger partial charge is 0.188 e. The molecule has 1 heterocycles. The van der Waals surface area contributed by atoms with Crippen LogP contribution in [0.2, 0.25) is 0 Å². The molecule has 1 spiro atoms. The van der Waals surface area contributed by atoms with Crippen LogP contribution in [0.25, 0.3) is 10.8 Å². The van der Waals surface area contributed by atoms with Crippen molar-refractivity contribution in [3.05, 3.63) is 77.9 Å². The predicted octanol–water partition coefficient (Wildman–Crippen LogP) is 3.86. The van der Waals surface area contributed by atoms with Gasteiger partial charge in [0.2, 0.25) is 0 Å². The number of nitrogens with one attached hydrogen (secondary N) is 2. The second-order valence-electron chi connectivity index (χ2n) is 6.23. The van der Waals surface area contributed by atoms with Crippen molar-refractivity contribution in [3.8, 4) is 0 Å². The number of benzene rings is 3. The molecule has 3 aromatic carbocycles. The number of ketones is 1. The highest BCUT2D eigenvalue weighted by atomic mass is 16.1. The molecule has 1 aliphatic carbocycles. The zero-order valence-electron chi connectivity index (χ0n) is 12.8. The van der Waals surface area contributed by atoms with Gasteiger partial charge >= 0.3 is 0 Å². The van der Waals surface area contributed by atoms with Gasteiger partial charge in [0.05, 0.1) is 5.56 Å². The lowest BCUT2D eigenvalue weighted by molar-refractivity contribution is 0.104. The summed E-state index contributed by atoms with van der Waals surface area (Å²) >= 11 is 0. The fraction of sp³-hybridized carbons (Fsp3) is 0.0500. The summed E-state index contributed by atoms with van der Waals surface area (Å²) in [5, 5.41) is 9.47. The van der Waals surface area contributed by atoms with Crippen molar-refractivity contribution >= 4 is 33.6 Å². The molecule has 0 aromatic heterocycles. The van der Waals surface area contributed by atoms with Crippen LogP contribution >= 0.6 is 0 Å². The normalized spacial score (nSPS) is 16.6. The van der Waals surface area contributed by atoms with Crippen LogP contribution in [-0.2, 0) is 5.66 Å². The summed E-state index contributed by atoms with van der Waals surface area (Å²) in [7, 11) is 0. The van der Waals surface area contributed by atoms with E-state index in [1.165, 1.54) is 5.39 Å². The van der Waals surface area contributed by atoms with Crippen LogP contribution in [0, 0.1) is 0 Å². The first-order valence-corrected chi connectivity index (χ1v) is 7.89. The molecular weight excluding hydrogens is 298 g/mol. The van der Waals surface area contributed by atoms with Crippen LogP contribution in [0.4, 0.5) is 17.1 Å². The number of anilines is 3. The third-order valence-corrected chi connectivity index (χ3v) is 4.82. The standard InChI is InChI=1S/C20H15N3O/c21-14-7-3-6-13-19(14)17(24)10-11-20(13)22-15-8-1-4-12-5-2-9-16(23-20)18(12)15/h1-11,22-23H,21H2. The second-order valence-corrected chi connectivity index (χ2v) is 6.23. The van der Waals surface area contributed by atoms with E-state index in [0.717, 1.165) is 22.3 Å². The maximum absolute atomic E-state index is 12.3. The highest BCUT2D eigenvalue weighted by Crippen LogP contribution is 2.44. The average Bonchev–Trinajstić information content (AvgIpc) is 2.59. The Labute approximate surface area is 139 Å². The molecule has 0 saturated heterocycles. The van der Waals surface area contributed by atoms with Gasteiger partial charge in [-0.1, -0.05) is 36.4 Å². The molecule has 4 nitrogen and oxygen atoms in total. The van der Waals surface area contributed by atoms with E-state index in [4.69, 9.17) is 5.73 Å². The zero-order valence-corrected chi connectivity index (χ0v) is 12.8. The summed E-state index contributed by atoms with van der Waals surface area (Å²) < 4.78 is 0. The number of nitrogens with two attached hydrogens (primary N) is 1. The van der Waals surface area contributed by atoms with Gasteiger partial charge in [0.25, 0.3) is 0 Å². The number of hydrogen-bond donors (Lipinski definition) is 3. The predicted molar refractivity (Wildman–Crippen MR) is 97.2 cm³/mol. The number of hydrogen-bond acceptors (Lipinski definition) is 4. The van der Waals surface area contributed by atoms with Gasteiger partial charge < -0.3 is 16.4 Å². The lowest BCUT2D eigenvalue weighted by Gasteiger charge is -2.42. The first kappa shape index (κ1) is 13.2. The van der Waals surface area contributed by atoms with Crippen LogP contribution in [0.1, 0.15) is 15.9 Å². The number of allylic oxidation sites excluding steroid dienone is 1. The van der Waals surface area contributed by atoms with Gasteiger partial charge in [0, 0.05) is 28.0 Å². The Morgan fingerprint density at radius 2 is 1.54 bits per heavy atom. The number of fused-ring (bicyclic) bond motifs is 2. The van der Waals surface area contributed by atoms with Crippen molar-refractivity contribution in [2.45, 2.75) is 5.66 Å². The van der Waals surface area contributed by atoms with Crippen LogP contribution in [-0.4, -0.2) is 5.78 Å². The lowest BCUT2D eigenvalue weighted by atomic mass is 9.84. The third-order valence-electron chi connectivity index (χ3n) is 4.82. The lowest BCUT2D eigenvalue weighted by Crippen LogP contribution is -2.46. The van der Waals surface area contributed by atoms with Crippen LogP contribution in [0.15, 0.2) is 66.7 Å². The largest absolute Gasteiger partial charge is 0.398 e. The minimum absolute atomic E-state index is 0.0607. The molecule has 0 unspecified atom stereocenters. The molecule has 0 atom stereocenters. The number of rotatable bonds is 0. The quantitative estimate of drug-likeness (QED) is 0.551. The maximum Gasteiger partial charge on any atom is 0.188 e. The topological polar surface area (TPSA) is 67.2 Å². The van der Waals surface area contributed by atoms with Crippen molar-refractivity contribution in [2.75, 3.05) is 16.4 Å². The molecule has 3 aromatic rings. The number of carbonyl (C=O) groups excluding carboxylic acids is 1. The highest BCUT2D eigenvalue weighted by Gasteiger charge is 2.39. The average molecular weight is 313 g/mol. The molecule has 0 amide bonds. The second kappa shape index (κ2) is 4.38. The van der Waals surface area contributed by atoms with Gasteiger partial charge in [-0.3, -0.25) is 4.79 Å². The van der Waals surface area contributed by atoms with Gasteiger partial charge in [-0.15, -0.1) is 0 Å². The van der Waals surface area contributed by atoms with E-state index in [1.54, 1.807) is 12.1 Å². The Morgan fingerprint density at radius 3 is 2.25 bits per heavy atom. The number of carbonyl (C=O) groups is 1. The molecule has 0 saturated carbocycles. The Bertz CT molecular complexity index is 1010. The van der Waals surface area contributed by atoms with Crippen molar-refractivity contribution in [3.63, 3.8) is 0 Å². The first-order valence-electron chi connectivity index (χ1n) is 7.89. The van der Waals surface area contributed by atoms with Gasteiger partial charge in [0.15, 0.2) is 11.4 Å². The molecule has 116 valence electrons. The van der Waals surface area contributed by atoms with E-state index in [9.17, 15) is 4.79 Å². The van der Waals surface area contributed by atoms with Crippen molar-refractivity contribution < 1.29 is 4.79 Å². The number of nitrogen functional groups attached to an aromatic ring is 1. The molecule has 4 N–H and O–H groups in total. The minimum Gasteiger partial charge on any atom is -0.398 e. The third kappa shape index (κ3) is 1.60. The molecule has 1 aliphatic heterocycles. The van der Waals surface area contributed by atoms with E-state index >= 15 is 0 Å². The molecule has 0 fully saturated rings. The van der Waals surface area contributed by atoms with Crippen molar-refractivity contribution in [2.24, 2.45) is 0 Å². The van der Waals surface area contributed by atoms with Gasteiger partial charge in [-0.05, 0) is 35.7 Å². The zero-order chi connectivity index (χ0) is 16.3. The fourth-order valence-electron chi connectivity index (χ4n) is 3.77. The summed E-state index contributed by atoms with van der Waals surface area (Å²) in [6.07, 6.45) is 3.47. The van der Waals surface area contributed by atoms with E-state index in [0.29, 0.717) is 11.3 Å². The molecule has 2 aliphatic rings. The molecule has 24 heavy (non-hydrogen) atoms. The van der Waals surface area contributed by atoms with Gasteiger partial charge in [-0.25, -0.2) is 0 Å². The summed E-state index contributed by atoms with van der Waals surface area (Å²) in [5.41, 5.74) is 9.39. The van der Waals surface area contributed by atoms with Crippen molar-refractivity contribution in [1.82, 2.24) is 0 Å². The molecular formula is C20H15N3O. The Kier molecular flexibility index (Phi) is 2.41. The van der Waals surface area contributed by atoms with Gasteiger partial charge in [-0.2, -0.15) is 0 Å². The van der Waals surface area contributed by atoms with E-state index < -0.39 is 5.66 Å². The first-order chi connectivity index (χ1) is 11.7. The molecule has 0 radical (unpaired) electrons.